The van der Waals surface area contributed by atoms with Crippen LogP contribution in [0.3, 0.4) is 0 Å². The number of rotatable bonds is 2. The average molecular weight is 208 g/mol. The molecular formula is C12H20N2O. The fourth-order valence-corrected chi connectivity index (χ4v) is 2.25. The molecule has 1 amide bonds. The molecule has 84 valence electrons. The summed E-state index contributed by atoms with van der Waals surface area (Å²) in [5.74, 6) is 0.644. The number of nitriles is 1. The molecule has 15 heavy (non-hydrogen) atoms. The molecule has 0 bridgehead atoms. The van der Waals surface area contributed by atoms with Gasteiger partial charge in [-0.3, -0.25) is 4.79 Å². The second-order valence-corrected chi connectivity index (χ2v) is 4.86. The van der Waals surface area contributed by atoms with E-state index in [1.165, 1.54) is 12.8 Å². The molecule has 0 aromatic rings. The lowest BCUT2D eigenvalue weighted by atomic mass is 9.80. The standard InChI is InChI=1S/C12H20N2O/c1-8-4-5-11(9(2)6-8)14-12(15)10(3)7-13/h8-11H,4-6H2,1-3H3,(H,14,15). The van der Waals surface area contributed by atoms with Gasteiger partial charge in [-0.25, -0.2) is 0 Å². The lowest BCUT2D eigenvalue weighted by Gasteiger charge is -2.33. The van der Waals surface area contributed by atoms with Crippen LogP contribution in [0.4, 0.5) is 0 Å². The number of carbonyl (C=O) groups is 1. The van der Waals surface area contributed by atoms with Crippen LogP contribution in [0, 0.1) is 29.1 Å². The maximum Gasteiger partial charge on any atom is 0.237 e. The van der Waals surface area contributed by atoms with E-state index in [2.05, 4.69) is 19.2 Å². The molecule has 0 spiro atoms. The smallest absolute Gasteiger partial charge is 0.237 e. The van der Waals surface area contributed by atoms with Gasteiger partial charge in [0.1, 0.15) is 5.92 Å². The second-order valence-electron chi connectivity index (χ2n) is 4.86. The first-order valence-corrected chi connectivity index (χ1v) is 5.74. The van der Waals surface area contributed by atoms with Crippen LogP contribution >= 0.6 is 0 Å². The van der Waals surface area contributed by atoms with Crippen LogP contribution in [0.2, 0.25) is 0 Å². The highest BCUT2D eigenvalue weighted by atomic mass is 16.1. The van der Waals surface area contributed by atoms with Crippen LogP contribution in [0.1, 0.15) is 40.0 Å². The summed E-state index contributed by atoms with van der Waals surface area (Å²) in [4.78, 5) is 11.5. The Labute approximate surface area is 91.9 Å². The third kappa shape index (κ3) is 3.23. The topological polar surface area (TPSA) is 52.9 Å². The molecule has 4 atom stereocenters. The third-order valence-corrected chi connectivity index (χ3v) is 3.35. The van der Waals surface area contributed by atoms with Crippen molar-refractivity contribution in [3.8, 4) is 6.07 Å². The molecule has 3 heteroatoms. The summed E-state index contributed by atoms with van der Waals surface area (Å²) in [7, 11) is 0. The molecular weight excluding hydrogens is 188 g/mol. The largest absolute Gasteiger partial charge is 0.352 e. The molecule has 1 fully saturated rings. The summed E-state index contributed by atoms with van der Waals surface area (Å²) >= 11 is 0. The zero-order valence-electron chi connectivity index (χ0n) is 9.79. The van der Waals surface area contributed by atoms with Gasteiger partial charge in [0.15, 0.2) is 0 Å². The minimum Gasteiger partial charge on any atom is -0.352 e. The van der Waals surface area contributed by atoms with Crippen molar-refractivity contribution in [2.24, 2.45) is 17.8 Å². The maximum atomic E-state index is 11.5. The number of hydrogen-bond donors (Lipinski definition) is 1. The van der Waals surface area contributed by atoms with Crippen molar-refractivity contribution in [2.75, 3.05) is 0 Å². The van der Waals surface area contributed by atoms with Gasteiger partial charge in [-0.15, -0.1) is 0 Å². The number of hydrogen-bond acceptors (Lipinski definition) is 2. The molecule has 4 unspecified atom stereocenters. The molecule has 0 radical (unpaired) electrons. The zero-order chi connectivity index (χ0) is 11.4. The highest BCUT2D eigenvalue weighted by molar-refractivity contribution is 5.80. The second kappa shape index (κ2) is 5.16. The van der Waals surface area contributed by atoms with E-state index in [0.717, 1.165) is 12.3 Å². The van der Waals surface area contributed by atoms with E-state index in [1.54, 1.807) is 6.92 Å². The Hall–Kier alpha value is -1.04. The van der Waals surface area contributed by atoms with Crippen LogP contribution in [-0.4, -0.2) is 11.9 Å². The molecule has 0 aliphatic heterocycles. The Balaban J connectivity index is 2.45. The minimum absolute atomic E-state index is 0.121. The van der Waals surface area contributed by atoms with E-state index in [0.29, 0.717) is 5.92 Å². The van der Waals surface area contributed by atoms with E-state index in [-0.39, 0.29) is 11.9 Å². The summed E-state index contributed by atoms with van der Waals surface area (Å²) in [5, 5.41) is 11.6. The van der Waals surface area contributed by atoms with Crippen LogP contribution in [-0.2, 0) is 4.79 Å². The van der Waals surface area contributed by atoms with Gasteiger partial charge in [0.05, 0.1) is 6.07 Å². The first-order chi connectivity index (χ1) is 7.04. The van der Waals surface area contributed by atoms with Crippen molar-refractivity contribution in [1.29, 1.82) is 5.26 Å². The first-order valence-electron chi connectivity index (χ1n) is 5.74. The maximum absolute atomic E-state index is 11.5. The average Bonchev–Trinajstić information content (AvgIpc) is 2.20. The highest BCUT2D eigenvalue weighted by Crippen LogP contribution is 2.28. The Bertz CT molecular complexity index is 269. The lowest BCUT2D eigenvalue weighted by Crippen LogP contribution is -2.44. The van der Waals surface area contributed by atoms with Gasteiger partial charge in [-0.1, -0.05) is 13.8 Å². The summed E-state index contributed by atoms with van der Waals surface area (Å²) in [6.07, 6.45) is 3.40. The number of nitrogens with one attached hydrogen (secondary N) is 1. The lowest BCUT2D eigenvalue weighted by molar-refractivity contribution is -0.124. The van der Waals surface area contributed by atoms with Gasteiger partial charge in [0, 0.05) is 6.04 Å². The molecule has 0 aromatic carbocycles. The monoisotopic (exact) mass is 208 g/mol. The van der Waals surface area contributed by atoms with Crippen molar-refractivity contribution in [3.05, 3.63) is 0 Å². The Kier molecular flexibility index (Phi) is 4.14. The van der Waals surface area contributed by atoms with Crippen LogP contribution < -0.4 is 5.32 Å². The van der Waals surface area contributed by atoms with E-state index in [9.17, 15) is 4.79 Å². The summed E-state index contributed by atoms with van der Waals surface area (Å²) in [6, 6.07) is 2.23. The van der Waals surface area contributed by atoms with Gasteiger partial charge >= 0.3 is 0 Å². The highest BCUT2D eigenvalue weighted by Gasteiger charge is 2.27. The fraction of sp³-hybridized carbons (Fsp3) is 0.833. The molecule has 0 heterocycles. The predicted molar refractivity (Wildman–Crippen MR) is 58.9 cm³/mol. The Morgan fingerprint density at radius 2 is 2.13 bits per heavy atom. The van der Waals surface area contributed by atoms with Gasteiger partial charge in [0.25, 0.3) is 0 Å². The quantitative estimate of drug-likeness (QED) is 0.755. The number of nitrogens with zero attached hydrogens (tertiary/aromatic N) is 1. The molecule has 1 N–H and O–H groups in total. The van der Waals surface area contributed by atoms with E-state index < -0.39 is 5.92 Å². The van der Waals surface area contributed by atoms with Crippen LogP contribution in [0.25, 0.3) is 0 Å². The fourth-order valence-electron chi connectivity index (χ4n) is 2.25. The van der Waals surface area contributed by atoms with Gasteiger partial charge in [0.2, 0.25) is 5.91 Å². The predicted octanol–water partition coefficient (Wildman–Crippen LogP) is 2.09. The van der Waals surface area contributed by atoms with Crippen LogP contribution in [0.15, 0.2) is 0 Å². The molecule has 1 aliphatic rings. The minimum atomic E-state index is -0.531. The molecule has 1 saturated carbocycles. The third-order valence-electron chi connectivity index (χ3n) is 3.35. The summed E-state index contributed by atoms with van der Waals surface area (Å²) in [5.41, 5.74) is 0. The van der Waals surface area contributed by atoms with Crippen molar-refractivity contribution >= 4 is 5.91 Å². The van der Waals surface area contributed by atoms with E-state index in [1.807, 2.05) is 6.07 Å². The SMILES string of the molecule is CC1CCC(NC(=O)C(C)C#N)C(C)C1. The number of carbonyl (C=O) groups excluding carboxylic acids is 1. The summed E-state index contributed by atoms with van der Waals surface area (Å²) < 4.78 is 0. The van der Waals surface area contributed by atoms with Crippen molar-refractivity contribution in [1.82, 2.24) is 5.32 Å². The number of amides is 1. The van der Waals surface area contributed by atoms with Crippen LogP contribution in [0.5, 0.6) is 0 Å². The normalized spacial score (nSPS) is 32.8. The van der Waals surface area contributed by atoms with Gasteiger partial charge in [-0.05, 0) is 38.0 Å². The Morgan fingerprint density at radius 3 is 2.67 bits per heavy atom. The van der Waals surface area contributed by atoms with Gasteiger partial charge < -0.3 is 5.32 Å². The molecule has 1 rings (SSSR count). The summed E-state index contributed by atoms with van der Waals surface area (Å²) in [6.45, 7) is 6.08. The molecule has 3 nitrogen and oxygen atoms in total. The van der Waals surface area contributed by atoms with Crippen molar-refractivity contribution in [3.63, 3.8) is 0 Å². The molecule has 1 aliphatic carbocycles. The Morgan fingerprint density at radius 1 is 1.47 bits per heavy atom. The van der Waals surface area contributed by atoms with Crippen molar-refractivity contribution < 1.29 is 4.79 Å². The zero-order valence-corrected chi connectivity index (χ0v) is 9.79. The first kappa shape index (κ1) is 12.0. The van der Waals surface area contributed by atoms with Gasteiger partial charge in [-0.2, -0.15) is 5.26 Å². The van der Waals surface area contributed by atoms with Crippen molar-refractivity contribution in [2.45, 2.75) is 46.1 Å². The van der Waals surface area contributed by atoms with E-state index in [4.69, 9.17) is 5.26 Å². The molecule has 0 saturated heterocycles. The molecule has 0 aromatic heterocycles. The van der Waals surface area contributed by atoms with E-state index >= 15 is 0 Å².